The highest BCUT2D eigenvalue weighted by Gasteiger charge is 2.07. The Labute approximate surface area is 131 Å². The molecule has 1 heterocycles. The van der Waals surface area contributed by atoms with Crippen LogP contribution in [0.25, 0.3) is 12.2 Å². The van der Waals surface area contributed by atoms with E-state index in [2.05, 4.69) is 9.97 Å². The standard InChI is InChI=1S/C15H13N3O3S/c1-2-21-12-5-3-4-9(13(12)19)6-7-11-10(8-16)14(20)18-15(22)17-11/h3-7,19H,2H2,1H3,(H2,17,18,20,22). The van der Waals surface area contributed by atoms with Crippen molar-refractivity contribution in [2.45, 2.75) is 6.92 Å². The van der Waals surface area contributed by atoms with E-state index in [1.54, 1.807) is 24.3 Å². The molecule has 0 unspecified atom stereocenters. The van der Waals surface area contributed by atoms with Crippen molar-refractivity contribution in [3.8, 4) is 17.6 Å². The first-order valence-corrected chi connectivity index (χ1v) is 6.87. The molecule has 1 aromatic carbocycles. The van der Waals surface area contributed by atoms with Crippen LogP contribution in [0.1, 0.15) is 23.7 Å². The molecule has 0 aliphatic carbocycles. The molecule has 0 atom stereocenters. The van der Waals surface area contributed by atoms with Gasteiger partial charge in [0, 0.05) is 5.56 Å². The van der Waals surface area contributed by atoms with Crippen molar-refractivity contribution in [3.05, 3.63) is 50.1 Å². The van der Waals surface area contributed by atoms with Gasteiger partial charge in [-0.3, -0.25) is 9.78 Å². The molecule has 0 aliphatic heterocycles. The van der Waals surface area contributed by atoms with Crippen molar-refractivity contribution in [1.82, 2.24) is 9.97 Å². The molecule has 7 heteroatoms. The van der Waals surface area contributed by atoms with Gasteiger partial charge >= 0.3 is 0 Å². The van der Waals surface area contributed by atoms with Crippen LogP contribution in [0.2, 0.25) is 0 Å². The van der Waals surface area contributed by atoms with Gasteiger partial charge in [0.1, 0.15) is 11.6 Å². The third kappa shape index (κ3) is 3.24. The molecule has 0 fully saturated rings. The van der Waals surface area contributed by atoms with Crippen molar-refractivity contribution in [2.75, 3.05) is 6.61 Å². The zero-order chi connectivity index (χ0) is 16.1. The first-order chi connectivity index (χ1) is 10.6. The van der Waals surface area contributed by atoms with E-state index in [1.807, 2.05) is 13.0 Å². The summed E-state index contributed by atoms with van der Waals surface area (Å²) in [5.41, 5.74) is 0.135. The molecule has 3 N–H and O–H groups in total. The molecule has 0 radical (unpaired) electrons. The quantitative estimate of drug-likeness (QED) is 0.753. The number of rotatable bonds is 4. The van der Waals surface area contributed by atoms with E-state index in [0.29, 0.717) is 17.9 Å². The fraction of sp³-hybridized carbons (Fsp3) is 0.133. The highest BCUT2D eigenvalue weighted by atomic mass is 32.1. The number of aromatic hydroxyl groups is 1. The van der Waals surface area contributed by atoms with E-state index in [-0.39, 0.29) is 21.8 Å². The number of H-pyrrole nitrogens is 2. The van der Waals surface area contributed by atoms with E-state index in [1.165, 1.54) is 6.08 Å². The Bertz CT molecular complexity index is 875. The summed E-state index contributed by atoms with van der Waals surface area (Å²) in [6.07, 6.45) is 3.08. The molecule has 0 saturated heterocycles. The Morgan fingerprint density at radius 3 is 2.86 bits per heavy atom. The molecule has 0 amide bonds. The van der Waals surface area contributed by atoms with E-state index in [4.69, 9.17) is 22.2 Å². The largest absolute Gasteiger partial charge is 0.504 e. The summed E-state index contributed by atoms with van der Waals surface area (Å²) in [6.45, 7) is 2.25. The van der Waals surface area contributed by atoms with Gasteiger partial charge in [-0.2, -0.15) is 5.26 Å². The number of nitrogens with one attached hydrogen (secondary N) is 2. The normalized spacial score (nSPS) is 10.5. The fourth-order valence-corrected chi connectivity index (χ4v) is 2.06. The van der Waals surface area contributed by atoms with Gasteiger partial charge in [-0.1, -0.05) is 12.1 Å². The molecular weight excluding hydrogens is 302 g/mol. The van der Waals surface area contributed by atoms with Crippen LogP contribution in [0.5, 0.6) is 11.5 Å². The van der Waals surface area contributed by atoms with Crippen molar-refractivity contribution in [3.63, 3.8) is 0 Å². The molecular formula is C15H13N3O3S. The Morgan fingerprint density at radius 2 is 2.18 bits per heavy atom. The summed E-state index contributed by atoms with van der Waals surface area (Å²) in [7, 11) is 0. The first kappa shape index (κ1) is 15.5. The third-order valence-electron chi connectivity index (χ3n) is 2.84. The van der Waals surface area contributed by atoms with Crippen molar-refractivity contribution >= 4 is 24.4 Å². The van der Waals surface area contributed by atoms with Crippen LogP contribution in [-0.4, -0.2) is 21.7 Å². The lowest BCUT2D eigenvalue weighted by molar-refractivity contribution is 0.318. The van der Waals surface area contributed by atoms with Gasteiger partial charge in [-0.25, -0.2) is 0 Å². The van der Waals surface area contributed by atoms with E-state index >= 15 is 0 Å². The zero-order valence-electron chi connectivity index (χ0n) is 11.7. The van der Waals surface area contributed by atoms with Crippen molar-refractivity contribution in [2.24, 2.45) is 0 Å². The summed E-state index contributed by atoms with van der Waals surface area (Å²) in [6, 6.07) is 6.88. The van der Waals surface area contributed by atoms with Crippen LogP contribution < -0.4 is 10.3 Å². The number of nitrogens with zero attached hydrogens (tertiary/aromatic N) is 1. The predicted octanol–water partition coefficient (Wildman–Crippen LogP) is 2.58. The molecule has 6 nitrogen and oxygen atoms in total. The number of nitriles is 1. The SMILES string of the molecule is CCOc1cccc(C=Cc2[nH]c(=S)[nH]c(=O)c2C#N)c1O. The maximum absolute atomic E-state index is 11.6. The Balaban J connectivity index is 2.46. The number of hydrogen-bond acceptors (Lipinski definition) is 5. The fourth-order valence-electron chi connectivity index (χ4n) is 1.86. The number of benzene rings is 1. The maximum atomic E-state index is 11.6. The summed E-state index contributed by atoms with van der Waals surface area (Å²) in [5.74, 6) is 0.353. The van der Waals surface area contributed by atoms with Gasteiger partial charge in [0.25, 0.3) is 5.56 Å². The maximum Gasteiger partial charge on any atom is 0.270 e. The number of phenols is 1. The highest BCUT2D eigenvalue weighted by molar-refractivity contribution is 7.71. The minimum atomic E-state index is -0.557. The topological polar surface area (TPSA) is 102 Å². The Hall–Kier alpha value is -2.85. The second-order valence-corrected chi connectivity index (χ2v) is 4.68. The van der Waals surface area contributed by atoms with E-state index in [0.717, 1.165) is 0 Å². The van der Waals surface area contributed by atoms with Gasteiger partial charge in [0.15, 0.2) is 16.3 Å². The monoisotopic (exact) mass is 315 g/mol. The second-order valence-electron chi connectivity index (χ2n) is 4.27. The van der Waals surface area contributed by atoms with Crippen molar-refractivity contribution < 1.29 is 9.84 Å². The molecule has 0 spiro atoms. The lowest BCUT2D eigenvalue weighted by Gasteiger charge is -2.07. The number of phenolic OH excluding ortho intramolecular Hbond substituents is 1. The molecule has 0 aliphatic rings. The average molecular weight is 315 g/mol. The summed E-state index contributed by atoms with van der Waals surface area (Å²) >= 11 is 4.88. The van der Waals surface area contributed by atoms with Crippen LogP contribution in [0.3, 0.4) is 0 Å². The predicted molar refractivity (Wildman–Crippen MR) is 85.2 cm³/mol. The summed E-state index contributed by atoms with van der Waals surface area (Å²) in [4.78, 5) is 16.7. The van der Waals surface area contributed by atoms with Crippen LogP contribution in [0, 0.1) is 16.1 Å². The minimum Gasteiger partial charge on any atom is -0.504 e. The van der Waals surface area contributed by atoms with Crippen molar-refractivity contribution in [1.29, 1.82) is 5.26 Å². The molecule has 2 aromatic rings. The average Bonchev–Trinajstić information content (AvgIpc) is 2.48. The molecule has 112 valence electrons. The summed E-state index contributed by atoms with van der Waals surface area (Å²) < 4.78 is 5.42. The van der Waals surface area contributed by atoms with Crippen LogP contribution in [0.15, 0.2) is 23.0 Å². The molecule has 0 bridgehead atoms. The van der Waals surface area contributed by atoms with E-state index < -0.39 is 5.56 Å². The van der Waals surface area contributed by atoms with Gasteiger partial charge in [-0.15, -0.1) is 0 Å². The summed E-state index contributed by atoms with van der Waals surface area (Å²) in [5, 5.41) is 19.1. The van der Waals surface area contributed by atoms with Gasteiger partial charge in [0.2, 0.25) is 0 Å². The molecule has 22 heavy (non-hydrogen) atoms. The second kappa shape index (κ2) is 6.74. The van der Waals surface area contributed by atoms with Crippen LogP contribution in [-0.2, 0) is 0 Å². The van der Waals surface area contributed by atoms with Gasteiger partial charge in [-0.05, 0) is 37.4 Å². The van der Waals surface area contributed by atoms with Crippen LogP contribution in [0.4, 0.5) is 0 Å². The number of hydrogen-bond donors (Lipinski definition) is 3. The smallest absolute Gasteiger partial charge is 0.270 e. The lowest BCUT2D eigenvalue weighted by atomic mass is 10.1. The number of ether oxygens (including phenoxy) is 1. The van der Waals surface area contributed by atoms with E-state index in [9.17, 15) is 9.90 Å². The molecule has 1 aromatic heterocycles. The molecule has 2 rings (SSSR count). The minimum absolute atomic E-state index is 0.0115. The zero-order valence-corrected chi connectivity index (χ0v) is 12.5. The number of para-hydroxylation sites is 1. The Kier molecular flexibility index (Phi) is 4.76. The number of aromatic nitrogens is 2. The van der Waals surface area contributed by atoms with Gasteiger partial charge < -0.3 is 14.8 Å². The first-order valence-electron chi connectivity index (χ1n) is 6.46. The highest BCUT2D eigenvalue weighted by Crippen LogP contribution is 2.30. The van der Waals surface area contributed by atoms with Crippen LogP contribution >= 0.6 is 12.2 Å². The third-order valence-corrected chi connectivity index (χ3v) is 3.05. The lowest BCUT2D eigenvalue weighted by Crippen LogP contribution is -2.13. The number of aromatic amines is 2. The molecule has 0 saturated carbocycles. The van der Waals surface area contributed by atoms with Gasteiger partial charge in [0.05, 0.1) is 12.3 Å². The Morgan fingerprint density at radius 1 is 1.41 bits per heavy atom.